The highest BCUT2D eigenvalue weighted by Gasteiger charge is 2.31. The van der Waals surface area contributed by atoms with Gasteiger partial charge in [-0.25, -0.2) is 0 Å². The van der Waals surface area contributed by atoms with E-state index in [9.17, 15) is 9.90 Å². The highest BCUT2D eigenvalue weighted by atomic mass is 16.5. The van der Waals surface area contributed by atoms with Crippen LogP contribution in [0, 0.1) is 5.92 Å². The number of nitrogens with zero attached hydrogens (tertiary/aromatic N) is 1. The van der Waals surface area contributed by atoms with Crippen LogP contribution in [0.2, 0.25) is 0 Å². The van der Waals surface area contributed by atoms with Crippen molar-refractivity contribution in [1.82, 2.24) is 4.90 Å². The zero-order valence-corrected chi connectivity index (χ0v) is 11.3. The van der Waals surface area contributed by atoms with E-state index in [-0.39, 0.29) is 24.7 Å². The van der Waals surface area contributed by atoms with Crippen molar-refractivity contribution in [3.63, 3.8) is 0 Å². The summed E-state index contributed by atoms with van der Waals surface area (Å²) in [4.78, 5) is 13.5. The zero-order valence-electron chi connectivity index (χ0n) is 11.3. The summed E-state index contributed by atoms with van der Waals surface area (Å²) >= 11 is 0. The number of hydrogen-bond acceptors (Lipinski definition) is 3. The third kappa shape index (κ3) is 4.25. The van der Waals surface area contributed by atoms with E-state index in [0.717, 1.165) is 25.7 Å². The van der Waals surface area contributed by atoms with Gasteiger partial charge in [-0.05, 0) is 31.6 Å². The van der Waals surface area contributed by atoms with Gasteiger partial charge in [0, 0.05) is 13.6 Å². The predicted molar refractivity (Wildman–Crippen MR) is 69.2 cm³/mol. The van der Waals surface area contributed by atoms with Crippen molar-refractivity contribution in [1.29, 1.82) is 0 Å². The van der Waals surface area contributed by atoms with Crippen LogP contribution in [0.3, 0.4) is 0 Å². The molecular weight excluding hydrogens is 230 g/mol. The fourth-order valence-corrected chi connectivity index (χ4v) is 2.54. The molecule has 2 rings (SSSR count). The number of aliphatic hydroxyl groups is 1. The molecule has 0 aromatic carbocycles. The molecule has 4 heteroatoms. The Morgan fingerprint density at radius 1 is 1.28 bits per heavy atom. The van der Waals surface area contributed by atoms with Gasteiger partial charge < -0.3 is 14.7 Å². The Hall–Kier alpha value is -0.610. The molecule has 0 heterocycles. The average Bonchev–Trinajstić information content (AvgIpc) is 3.21. The second-order valence-electron chi connectivity index (χ2n) is 5.75. The van der Waals surface area contributed by atoms with Crippen LogP contribution >= 0.6 is 0 Å². The van der Waals surface area contributed by atoms with Crippen molar-refractivity contribution in [2.45, 2.75) is 57.2 Å². The molecule has 0 aliphatic heterocycles. The molecule has 0 radical (unpaired) electrons. The number of ether oxygens (including phenoxy) is 1. The lowest BCUT2D eigenvalue weighted by molar-refractivity contribution is -0.138. The molecule has 1 atom stereocenters. The van der Waals surface area contributed by atoms with Crippen molar-refractivity contribution in [3.8, 4) is 0 Å². The first-order chi connectivity index (χ1) is 8.66. The third-order valence-electron chi connectivity index (χ3n) is 4.05. The van der Waals surface area contributed by atoms with E-state index in [1.165, 1.54) is 19.3 Å². The summed E-state index contributed by atoms with van der Waals surface area (Å²) in [6.45, 7) is 0.607. The molecule has 0 aromatic rings. The Labute approximate surface area is 109 Å². The summed E-state index contributed by atoms with van der Waals surface area (Å²) in [5.74, 6) is 0.403. The Bertz CT molecular complexity index is 272. The highest BCUT2D eigenvalue weighted by Crippen LogP contribution is 2.32. The topological polar surface area (TPSA) is 49.8 Å². The summed E-state index contributed by atoms with van der Waals surface area (Å²) in [6, 6.07) is 0. The van der Waals surface area contributed by atoms with Crippen LogP contribution in [-0.2, 0) is 9.53 Å². The molecular formula is C14H25NO3. The minimum Gasteiger partial charge on any atom is -0.391 e. The number of aliphatic hydroxyl groups excluding tert-OH is 1. The van der Waals surface area contributed by atoms with E-state index >= 15 is 0 Å². The summed E-state index contributed by atoms with van der Waals surface area (Å²) in [5, 5.41) is 9.79. The lowest BCUT2D eigenvalue weighted by Crippen LogP contribution is -2.38. The van der Waals surface area contributed by atoms with Gasteiger partial charge in [0.15, 0.2) is 0 Å². The Kier molecular flexibility index (Phi) is 5.01. The van der Waals surface area contributed by atoms with Gasteiger partial charge in [-0.15, -0.1) is 0 Å². The summed E-state index contributed by atoms with van der Waals surface area (Å²) in [5.41, 5.74) is 0. The molecule has 4 nitrogen and oxygen atoms in total. The maximum atomic E-state index is 11.9. The van der Waals surface area contributed by atoms with Gasteiger partial charge in [0.05, 0.1) is 12.2 Å². The van der Waals surface area contributed by atoms with Gasteiger partial charge in [0.1, 0.15) is 6.61 Å². The number of rotatable bonds is 6. The Morgan fingerprint density at radius 3 is 2.56 bits per heavy atom. The van der Waals surface area contributed by atoms with Crippen molar-refractivity contribution in [2.24, 2.45) is 5.92 Å². The number of amides is 1. The third-order valence-corrected chi connectivity index (χ3v) is 4.05. The molecule has 1 unspecified atom stereocenters. The van der Waals surface area contributed by atoms with Crippen LogP contribution in [0.1, 0.15) is 44.9 Å². The first-order valence-electron chi connectivity index (χ1n) is 7.20. The predicted octanol–water partition coefficient (Wildman–Crippen LogP) is 1.56. The molecule has 2 fully saturated rings. The molecule has 2 aliphatic carbocycles. The summed E-state index contributed by atoms with van der Waals surface area (Å²) in [6.07, 6.45) is 8.01. The first-order valence-corrected chi connectivity index (χ1v) is 7.20. The number of likely N-dealkylation sites (N-methyl/N-ethyl adjacent to an activating group) is 1. The van der Waals surface area contributed by atoms with E-state index in [2.05, 4.69) is 0 Å². The second kappa shape index (κ2) is 6.53. The smallest absolute Gasteiger partial charge is 0.248 e. The van der Waals surface area contributed by atoms with Crippen LogP contribution in [0.4, 0.5) is 0 Å². The van der Waals surface area contributed by atoms with Crippen LogP contribution < -0.4 is 0 Å². The fourth-order valence-electron chi connectivity index (χ4n) is 2.54. The zero-order chi connectivity index (χ0) is 13.0. The molecule has 2 aliphatic rings. The van der Waals surface area contributed by atoms with Crippen LogP contribution in [0.25, 0.3) is 0 Å². The van der Waals surface area contributed by atoms with E-state index in [0.29, 0.717) is 12.5 Å². The van der Waals surface area contributed by atoms with Gasteiger partial charge in [0.2, 0.25) is 5.91 Å². The minimum atomic E-state index is -0.353. The van der Waals surface area contributed by atoms with Crippen molar-refractivity contribution in [2.75, 3.05) is 20.2 Å². The molecule has 0 spiro atoms. The Balaban J connectivity index is 1.63. The number of carbonyl (C=O) groups excluding carboxylic acids is 1. The Morgan fingerprint density at radius 2 is 1.94 bits per heavy atom. The SMILES string of the molecule is CN(CC(O)C1CC1)C(=O)COC1CCCCC1. The fraction of sp³-hybridized carbons (Fsp3) is 0.929. The van der Waals surface area contributed by atoms with Crippen LogP contribution in [-0.4, -0.2) is 48.3 Å². The van der Waals surface area contributed by atoms with Crippen molar-refractivity contribution < 1.29 is 14.6 Å². The first kappa shape index (κ1) is 13.8. The van der Waals surface area contributed by atoms with Gasteiger partial charge >= 0.3 is 0 Å². The van der Waals surface area contributed by atoms with E-state index in [4.69, 9.17) is 4.74 Å². The molecule has 0 saturated heterocycles. The van der Waals surface area contributed by atoms with Crippen LogP contribution in [0.15, 0.2) is 0 Å². The maximum absolute atomic E-state index is 11.9. The quantitative estimate of drug-likeness (QED) is 0.783. The summed E-state index contributed by atoms with van der Waals surface area (Å²) < 4.78 is 5.65. The van der Waals surface area contributed by atoms with Crippen molar-refractivity contribution in [3.05, 3.63) is 0 Å². The number of carbonyl (C=O) groups is 1. The second-order valence-corrected chi connectivity index (χ2v) is 5.75. The van der Waals surface area contributed by atoms with Gasteiger partial charge in [0.25, 0.3) is 0 Å². The number of hydrogen-bond donors (Lipinski definition) is 1. The van der Waals surface area contributed by atoms with Crippen molar-refractivity contribution >= 4 is 5.91 Å². The molecule has 0 aromatic heterocycles. The molecule has 1 amide bonds. The van der Waals surface area contributed by atoms with Gasteiger partial charge in [-0.1, -0.05) is 19.3 Å². The van der Waals surface area contributed by atoms with E-state index < -0.39 is 0 Å². The monoisotopic (exact) mass is 255 g/mol. The van der Waals surface area contributed by atoms with Crippen LogP contribution in [0.5, 0.6) is 0 Å². The lowest BCUT2D eigenvalue weighted by Gasteiger charge is -2.24. The average molecular weight is 255 g/mol. The maximum Gasteiger partial charge on any atom is 0.248 e. The molecule has 2 saturated carbocycles. The van der Waals surface area contributed by atoms with Gasteiger partial charge in [-0.3, -0.25) is 4.79 Å². The van der Waals surface area contributed by atoms with E-state index in [1.54, 1.807) is 11.9 Å². The molecule has 0 bridgehead atoms. The largest absolute Gasteiger partial charge is 0.391 e. The minimum absolute atomic E-state index is 0.0136. The molecule has 104 valence electrons. The summed E-state index contributed by atoms with van der Waals surface area (Å²) in [7, 11) is 1.75. The highest BCUT2D eigenvalue weighted by molar-refractivity contribution is 5.77. The molecule has 1 N–H and O–H groups in total. The van der Waals surface area contributed by atoms with E-state index in [1.807, 2.05) is 0 Å². The molecule has 18 heavy (non-hydrogen) atoms. The normalized spacial score (nSPS) is 22.8. The lowest BCUT2D eigenvalue weighted by atomic mass is 9.98. The standard InChI is InChI=1S/C14H25NO3/c1-15(9-13(16)11-7-8-11)14(17)10-18-12-5-3-2-4-6-12/h11-13,16H,2-10H2,1H3. The van der Waals surface area contributed by atoms with Gasteiger partial charge in [-0.2, -0.15) is 0 Å².